The number of carbonyl (C=O) groups is 3. The van der Waals surface area contributed by atoms with E-state index in [-0.39, 0.29) is 0 Å². The molecule has 0 atom stereocenters. The predicted octanol–water partition coefficient (Wildman–Crippen LogP) is 0.762. The fourth-order valence-corrected chi connectivity index (χ4v) is 2.79. The Kier molecular flexibility index (Phi) is 2.51. The minimum atomic E-state index is -1.26. The van der Waals surface area contributed by atoms with E-state index in [2.05, 4.69) is 10.6 Å². The first-order valence-electron chi connectivity index (χ1n) is 4.82. The summed E-state index contributed by atoms with van der Waals surface area (Å²) in [7, 11) is 0. The van der Waals surface area contributed by atoms with Crippen molar-refractivity contribution in [2.24, 2.45) is 0 Å². The summed E-state index contributed by atoms with van der Waals surface area (Å²) in [5.74, 6) is -1.10. The number of rotatable bonds is 2. The van der Waals surface area contributed by atoms with Crippen molar-refractivity contribution >= 4 is 29.2 Å². The van der Waals surface area contributed by atoms with E-state index in [4.69, 9.17) is 0 Å². The highest BCUT2D eigenvalue weighted by Gasteiger charge is 2.50. The smallest absolute Gasteiger partial charge is 0.276 e. The molecule has 84 valence electrons. The number of thiophene rings is 1. The molecule has 1 aliphatic rings. The van der Waals surface area contributed by atoms with Gasteiger partial charge >= 0.3 is 6.03 Å². The second-order valence-corrected chi connectivity index (χ2v) is 4.42. The summed E-state index contributed by atoms with van der Waals surface area (Å²) in [5, 5.41) is 6.07. The highest BCUT2D eigenvalue weighted by molar-refractivity contribution is 7.10. The van der Waals surface area contributed by atoms with Crippen molar-refractivity contribution in [2.45, 2.75) is 18.8 Å². The second kappa shape index (κ2) is 3.71. The summed E-state index contributed by atoms with van der Waals surface area (Å²) in [6.07, 6.45) is 0.318. The van der Waals surface area contributed by atoms with Crippen LogP contribution in [-0.2, 0) is 15.0 Å². The fraction of sp³-hybridized carbons (Fsp3) is 0.300. The molecule has 5 nitrogen and oxygen atoms in total. The van der Waals surface area contributed by atoms with E-state index in [1.165, 1.54) is 11.3 Å². The third-order valence-electron chi connectivity index (χ3n) is 2.70. The topological polar surface area (TPSA) is 75.3 Å². The minimum Gasteiger partial charge on any atom is -0.276 e. The van der Waals surface area contributed by atoms with Crippen LogP contribution >= 0.6 is 11.3 Å². The lowest BCUT2D eigenvalue weighted by molar-refractivity contribution is -0.138. The van der Waals surface area contributed by atoms with Crippen LogP contribution in [0.2, 0.25) is 0 Å². The molecule has 0 saturated carbocycles. The van der Waals surface area contributed by atoms with Crippen molar-refractivity contribution in [1.82, 2.24) is 10.6 Å². The molecule has 0 radical (unpaired) electrons. The molecule has 2 N–H and O–H groups in total. The highest BCUT2D eigenvalue weighted by Crippen LogP contribution is 2.33. The molecule has 1 aromatic rings. The van der Waals surface area contributed by atoms with Gasteiger partial charge in [-0.1, -0.05) is 13.0 Å². The molecule has 0 aliphatic carbocycles. The molecule has 1 aromatic heterocycles. The largest absolute Gasteiger partial charge is 0.328 e. The maximum absolute atomic E-state index is 11.9. The lowest BCUT2D eigenvalue weighted by Crippen LogP contribution is -2.64. The number of amides is 4. The summed E-state index contributed by atoms with van der Waals surface area (Å²) in [6, 6.07) is 2.74. The molecule has 16 heavy (non-hydrogen) atoms. The highest BCUT2D eigenvalue weighted by atomic mass is 32.1. The zero-order valence-corrected chi connectivity index (χ0v) is 9.39. The van der Waals surface area contributed by atoms with Crippen LogP contribution in [0.1, 0.15) is 18.2 Å². The molecule has 0 bridgehead atoms. The molecule has 0 unspecified atom stereocenters. The Morgan fingerprint density at radius 1 is 1.25 bits per heavy atom. The van der Waals surface area contributed by atoms with Crippen LogP contribution in [0.3, 0.4) is 0 Å². The van der Waals surface area contributed by atoms with Gasteiger partial charge in [0.1, 0.15) is 0 Å². The normalized spacial score (nSPS) is 19.2. The third-order valence-corrected chi connectivity index (χ3v) is 3.73. The van der Waals surface area contributed by atoms with Gasteiger partial charge in [0.2, 0.25) is 11.8 Å². The van der Waals surface area contributed by atoms with Gasteiger partial charge in [0.15, 0.2) is 5.41 Å². The number of urea groups is 1. The standard InChI is InChI=1S/C10H10N2O3S/c1-2-10(6-4-3-5-16-6)7(13)11-9(15)12-8(10)14/h3-5H,2H2,1H3,(H2,11,12,13,14,15). The van der Waals surface area contributed by atoms with E-state index in [1.54, 1.807) is 24.4 Å². The monoisotopic (exact) mass is 238 g/mol. The quantitative estimate of drug-likeness (QED) is 0.747. The van der Waals surface area contributed by atoms with Crippen molar-refractivity contribution in [1.29, 1.82) is 0 Å². The molecule has 2 heterocycles. The number of carbonyl (C=O) groups excluding carboxylic acids is 3. The van der Waals surface area contributed by atoms with Crippen LogP contribution in [0.4, 0.5) is 4.79 Å². The summed E-state index contributed by atoms with van der Waals surface area (Å²) >= 11 is 1.33. The average molecular weight is 238 g/mol. The molecular weight excluding hydrogens is 228 g/mol. The molecule has 1 saturated heterocycles. The van der Waals surface area contributed by atoms with Crippen LogP contribution in [0.25, 0.3) is 0 Å². The van der Waals surface area contributed by atoms with Gasteiger partial charge in [-0.15, -0.1) is 11.3 Å². The Morgan fingerprint density at radius 2 is 1.88 bits per heavy atom. The van der Waals surface area contributed by atoms with Crippen molar-refractivity contribution in [3.05, 3.63) is 22.4 Å². The lowest BCUT2D eigenvalue weighted by Gasteiger charge is -2.31. The maximum atomic E-state index is 11.9. The van der Waals surface area contributed by atoms with E-state index in [0.717, 1.165) is 0 Å². The van der Waals surface area contributed by atoms with E-state index < -0.39 is 23.3 Å². The first-order valence-corrected chi connectivity index (χ1v) is 5.70. The van der Waals surface area contributed by atoms with E-state index >= 15 is 0 Å². The van der Waals surface area contributed by atoms with Gasteiger partial charge in [-0.3, -0.25) is 20.2 Å². The van der Waals surface area contributed by atoms with Crippen LogP contribution in [-0.4, -0.2) is 17.8 Å². The summed E-state index contributed by atoms with van der Waals surface area (Å²) in [4.78, 5) is 35.4. The lowest BCUT2D eigenvalue weighted by atomic mass is 9.80. The first kappa shape index (κ1) is 10.8. The Hall–Kier alpha value is -1.69. The van der Waals surface area contributed by atoms with Gasteiger partial charge in [-0.2, -0.15) is 0 Å². The Bertz CT molecular complexity index is 433. The molecule has 1 fully saturated rings. The Balaban J connectivity index is 2.51. The van der Waals surface area contributed by atoms with Gasteiger partial charge in [0.25, 0.3) is 0 Å². The SMILES string of the molecule is CCC1(c2cccs2)C(=O)NC(=O)NC1=O. The zero-order chi connectivity index (χ0) is 11.8. The number of barbiturate groups is 1. The van der Waals surface area contributed by atoms with Crippen molar-refractivity contribution < 1.29 is 14.4 Å². The number of hydrogen-bond acceptors (Lipinski definition) is 4. The van der Waals surface area contributed by atoms with Gasteiger partial charge in [-0.05, 0) is 17.9 Å². The van der Waals surface area contributed by atoms with Crippen LogP contribution < -0.4 is 10.6 Å². The van der Waals surface area contributed by atoms with Crippen LogP contribution in [0, 0.1) is 0 Å². The molecular formula is C10H10N2O3S. The third kappa shape index (κ3) is 1.34. The summed E-state index contributed by atoms with van der Waals surface area (Å²) in [6.45, 7) is 1.74. The number of hydrogen-bond donors (Lipinski definition) is 2. The number of nitrogens with one attached hydrogen (secondary N) is 2. The molecule has 4 amide bonds. The number of imide groups is 2. The second-order valence-electron chi connectivity index (χ2n) is 3.47. The summed E-state index contributed by atoms with van der Waals surface area (Å²) < 4.78 is 0. The Morgan fingerprint density at radius 3 is 2.31 bits per heavy atom. The minimum absolute atomic E-state index is 0.318. The van der Waals surface area contributed by atoms with E-state index in [1.807, 2.05) is 0 Å². The molecule has 6 heteroatoms. The molecule has 2 rings (SSSR count). The maximum Gasteiger partial charge on any atom is 0.328 e. The van der Waals surface area contributed by atoms with E-state index in [0.29, 0.717) is 11.3 Å². The van der Waals surface area contributed by atoms with Gasteiger partial charge in [0.05, 0.1) is 0 Å². The average Bonchev–Trinajstić information content (AvgIpc) is 2.71. The van der Waals surface area contributed by atoms with Crippen LogP contribution in [0.15, 0.2) is 17.5 Å². The van der Waals surface area contributed by atoms with Crippen molar-refractivity contribution in [3.63, 3.8) is 0 Å². The fourth-order valence-electron chi connectivity index (χ4n) is 1.79. The van der Waals surface area contributed by atoms with Gasteiger partial charge in [-0.25, -0.2) is 4.79 Å². The zero-order valence-electron chi connectivity index (χ0n) is 8.57. The van der Waals surface area contributed by atoms with Crippen LogP contribution in [0.5, 0.6) is 0 Å². The first-order chi connectivity index (χ1) is 7.61. The molecule has 0 spiro atoms. The predicted molar refractivity (Wildman–Crippen MR) is 58.0 cm³/mol. The van der Waals surface area contributed by atoms with Crippen molar-refractivity contribution in [2.75, 3.05) is 0 Å². The van der Waals surface area contributed by atoms with E-state index in [9.17, 15) is 14.4 Å². The van der Waals surface area contributed by atoms with Gasteiger partial charge in [0, 0.05) is 4.88 Å². The molecule has 0 aromatic carbocycles. The van der Waals surface area contributed by atoms with Crippen molar-refractivity contribution in [3.8, 4) is 0 Å². The summed E-state index contributed by atoms with van der Waals surface area (Å²) in [5.41, 5.74) is -1.26. The van der Waals surface area contributed by atoms with Gasteiger partial charge < -0.3 is 0 Å². The Labute approximate surface area is 95.8 Å². The molecule has 1 aliphatic heterocycles.